The molecule has 1 heterocycles. The Hall–Kier alpha value is -3.85. The molecule has 0 fully saturated rings. The smallest absolute Gasteiger partial charge is 0.354 e. The molecule has 0 aliphatic rings. The largest absolute Gasteiger partial charge is 0.497 e. The lowest BCUT2D eigenvalue weighted by Crippen LogP contribution is -2.18. The second-order valence-electron chi connectivity index (χ2n) is 6.63. The van der Waals surface area contributed by atoms with E-state index in [-0.39, 0.29) is 24.2 Å². The van der Waals surface area contributed by atoms with Crippen molar-refractivity contribution in [2.24, 2.45) is 0 Å². The Labute approximate surface area is 174 Å². The van der Waals surface area contributed by atoms with E-state index in [1.807, 2.05) is 18.2 Å². The zero-order chi connectivity index (χ0) is 21.7. The number of hydrogen-bond acceptors (Lipinski definition) is 6. The first-order chi connectivity index (χ1) is 14.5. The molecule has 0 N–H and O–H groups in total. The predicted molar refractivity (Wildman–Crippen MR) is 112 cm³/mol. The lowest BCUT2D eigenvalue weighted by atomic mass is 9.84. The average molecular weight is 403 g/mol. The summed E-state index contributed by atoms with van der Waals surface area (Å²) in [5.41, 5.74) is 1.13. The lowest BCUT2D eigenvalue weighted by Gasteiger charge is -2.20. The first-order valence-electron chi connectivity index (χ1n) is 9.44. The van der Waals surface area contributed by atoms with Crippen LogP contribution in [0.3, 0.4) is 0 Å². The quantitative estimate of drug-likeness (QED) is 0.335. The van der Waals surface area contributed by atoms with Gasteiger partial charge < -0.3 is 13.9 Å². The van der Waals surface area contributed by atoms with Crippen molar-refractivity contribution < 1.29 is 18.7 Å². The van der Waals surface area contributed by atoms with Crippen LogP contribution >= 0.6 is 0 Å². The number of carbonyl (C=O) groups excluding carboxylic acids is 1. The summed E-state index contributed by atoms with van der Waals surface area (Å²) >= 11 is 0. The summed E-state index contributed by atoms with van der Waals surface area (Å²) in [6.07, 6.45) is 0.207. The van der Waals surface area contributed by atoms with Gasteiger partial charge in [0.25, 0.3) is 0 Å². The van der Waals surface area contributed by atoms with Gasteiger partial charge in [-0.05, 0) is 42.7 Å². The number of carbonyl (C=O) groups is 1. The molecule has 3 rings (SSSR count). The van der Waals surface area contributed by atoms with Crippen molar-refractivity contribution in [1.29, 1.82) is 5.26 Å². The van der Waals surface area contributed by atoms with E-state index >= 15 is 0 Å². The number of para-hydroxylation sites is 1. The van der Waals surface area contributed by atoms with Crippen LogP contribution in [0.5, 0.6) is 5.75 Å². The van der Waals surface area contributed by atoms with Gasteiger partial charge in [-0.15, -0.1) is 0 Å². The van der Waals surface area contributed by atoms with E-state index in [0.29, 0.717) is 22.3 Å². The van der Waals surface area contributed by atoms with E-state index in [1.54, 1.807) is 50.4 Å². The molecule has 0 radical (unpaired) electrons. The molecule has 0 aliphatic carbocycles. The fraction of sp³-hybridized carbons (Fsp3) is 0.208. The second kappa shape index (κ2) is 9.10. The number of methoxy groups -OCH3 is 1. The van der Waals surface area contributed by atoms with Crippen molar-refractivity contribution in [3.05, 3.63) is 87.8 Å². The summed E-state index contributed by atoms with van der Waals surface area (Å²) in [6.45, 7) is 5.89. The van der Waals surface area contributed by atoms with Crippen molar-refractivity contribution in [1.82, 2.24) is 0 Å². The number of nitrogens with zero attached hydrogens (tertiary/aromatic N) is 1. The highest BCUT2D eigenvalue weighted by atomic mass is 16.5. The van der Waals surface area contributed by atoms with Crippen LogP contribution in [0.4, 0.5) is 0 Å². The number of rotatable bonds is 7. The molecule has 3 aromatic rings. The molecule has 0 amide bonds. The normalized spacial score (nSPS) is 11.5. The second-order valence-corrected chi connectivity index (χ2v) is 6.63. The first-order valence-corrected chi connectivity index (χ1v) is 9.44. The van der Waals surface area contributed by atoms with E-state index in [2.05, 4.69) is 6.58 Å². The molecule has 0 spiro atoms. The average Bonchev–Trinajstić information content (AvgIpc) is 2.77. The van der Waals surface area contributed by atoms with Gasteiger partial charge in [-0.1, -0.05) is 36.9 Å². The Morgan fingerprint density at radius 2 is 1.90 bits per heavy atom. The van der Waals surface area contributed by atoms with Crippen molar-refractivity contribution in [2.45, 2.75) is 19.3 Å². The molecule has 0 unspecified atom stereocenters. The predicted octanol–water partition coefficient (Wildman–Crippen LogP) is 4.12. The van der Waals surface area contributed by atoms with Gasteiger partial charge in [0.1, 0.15) is 23.0 Å². The Morgan fingerprint density at radius 3 is 2.53 bits per heavy atom. The van der Waals surface area contributed by atoms with Crippen LogP contribution in [0, 0.1) is 11.3 Å². The fourth-order valence-electron chi connectivity index (χ4n) is 3.39. The maximum absolute atomic E-state index is 12.5. The van der Waals surface area contributed by atoms with Gasteiger partial charge >= 0.3 is 11.6 Å². The number of fused-ring (bicyclic) bond motifs is 1. The fourth-order valence-corrected chi connectivity index (χ4v) is 3.39. The highest BCUT2D eigenvalue weighted by Crippen LogP contribution is 2.33. The van der Waals surface area contributed by atoms with Gasteiger partial charge in [-0.2, -0.15) is 5.26 Å². The topological polar surface area (TPSA) is 89.5 Å². The van der Waals surface area contributed by atoms with Crippen molar-refractivity contribution in [3.63, 3.8) is 0 Å². The van der Waals surface area contributed by atoms with E-state index in [0.717, 1.165) is 5.56 Å². The molecule has 6 heteroatoms. The van der Waals surface area contributed by atoms with Crippen LogP contribution in [0.25, 0.3) is 11.0 Å². The molecule has 0 aliphatic heterocycles. The van der Waals surface area contributed by atoms with Gasteiger partial charge in [0, 0.05) is 16.9 Å². The van der Waals surface area contributed by atoms with Crippen LogP contribution in [-0.2, 0) is 16.0 Å². The molecule has 2 aromatic carbocycles. The minimum atomic E-state index is -0.707. The zero-order valence-corrected chi connectivity index (χ0v) is 16.8. The third-order valence-electron chi connectivity index (χ3n) is 4.92. The molecule has 0 saturated carbocycles. The Morgan fingerprint density at radius 1 is 1.20 bits per heavy atom. The molecular weight excluding hydrogens is 382 g/mol. The van der Waals surface area contributed by atoms with Crippen LogP contribution in [-0.4, -0.2) is 19.7 Å². The minimum absolute atomic E-state index is 0.0797. The van der Waals surface area contributed by atoms with Gasteiger partial charge in [0.05, 0.1) is 13.7 Å². The number of nitriles is 1. The third kappa shape index (κ3) is 4.11. The van der Waals surface area contributed by atoms with E-state index in [1.165, 1.54) is 0 Å². The number of ether oxygens (including phenoxy) is 2. The molecule has 0 saturated heterocycles. The van der Waals surface area contributed by atoms with E-state index in [9.17, 15) is 14.9 Å². The lowest BCUT2D eigenvalue weighted by molar-refractivity contribution is -0.138. The Balaban J connectivity index is 2.16. The maximum Gasteiger partial charge on any atom is 0.354 e. The zero-order valence-electron chi connectivity index (χ0n) is 16.8. The maximum atomic E-state index is 12.5. The number of esters is 1. The monoisotopic (exact) mass is 403 g/mol. The van der Waals surface area contributed by atoms with Gasteiger partial charge in [0.2, 0.25) is 0 Å². The van der Waals surface area contributed by atoms with Crippen LogP contribution in [0.2, 0.25) is 0 Å². The summed E-state index contributed by atoms with van der Waals surface area (Å²) in [5.74, 6) is -0.362. The molecule has 30 heavy (non-hydrogen) atoms. The van der Waals surface area contributed by atoms with Crippen molar-refractivity contribution in [3.8, 4) is 11.8 Å². The minimum Gasteiger partial charge on any atom is -0.497 e. The van der Waals surface area contributed by atoms with E-state index in [4.69, 9.17) is 13.9 Å². The summed E-state index contributed by atoms with van der Waals surface area (Å²) in [7, 11) is 1.57. The van der Waals surface area contributed by atoms with E-state index < -0.39 is 17.5 Å². The van der Waals surface area contributed by atoms with Crippen molar-refractivity contribution >= 4 is 16.9 Å². The first kappa shape index (κ1) is 20.9. The summed E-state index contributed by atoms with van der Waals surface area (Å²) in [4.78, 5) is 24.8. The molecule has 1 atom stereocenters. The molecule has 6 nitrogen and oxygen atoms in total. The van der Waals surface area contributed by atoms with Crippen LogP contribution < -0.4 is 10.4 Å². The Kier molecular flexibility index (Phi) is 6.33. The molecule has 0 bridgehead atoms. The molecule has 152 valence electrons. The number of hydrogen-bond donors (Lipinski definition) is 0. The Bertz CT molecular complexity index is 1180. The number of benzene rings is 2. The standard InChI is InChI=1S/C24H21NO5/c1-4-29-23(26)15(2)19(16-9-11-17(28-3)12-10-16)13-20-18-7-5-6-8-22(18)30-24(27)21(20)14-25/h5-12,19H,2,4,13H2,1,3H3/t19-/m0/s1. The SMILES string of the molecule is C=C(C(=O)OCC)[C@H](Cc1c(C#N)c(=O)oc2ccccc12)c1ccc(OC)cc1. The highest BCUT2D eigenvalue weighted by Gasteiger charge is 2.26. The van der Waals surface area contributed by atoms with Gasteiger partial charge in [-0.3, -0.25) is 0 Å². The molecule has 1 aromatic heterocycles. The third-order valence-corrected chi connectivity index (χ3v) is 4.92. The van der Waals surface area contributed by atoms with Crippen LogP contribution in [0.1, 0.15) is 29.5 Å². The summed E-state index contributed by atoms with van der Waals surface area (Å²) in [6, 6.07) is 16.2. The summed E-state index contributed by atoms with van der Waals surface area (Å²) in [5, 5.41) is 10.2. The summed E-state index contributed by atoms with van der Waals surface area (Å²) < 4.78 is 15.6. The van der Waals surface area contributed by atoms with Crippen LogP contribution in [0.15, 0.2) is 69.9 Å². The highest BCUT2D eigenvalue weighted by molar-refractivity contribution is 5.90. The molecular formula is C24H21NO5. The van der Waals surface area contributed by atoms with Crippen molar-refractivity contribution in [2.75, 3.05) is 13.7 Å². The van der Waals surface area contributed by atoms with Gasteiger partial charge in [-0.25, -0.2) is 9.59 Å². The van der Waals surface area contributed by atoms with Gasteiger partial charge in [0.15, 0.2) is 0 Å².